The molecule has 0 spiro atoms. The van der Waals surface area contributed by atoms with Crippen LogP contribution in [-0.2, 0) is 25.9 Å². The topological polar surface area (TPSA) is 67.9 Å². The second-order valence-electron chi connectivity index (χ2n) is 5.37. The maximum Gasteiger partial charge on any atom is 0.243 e. The van der Waals surface area contributed by atoms with Crippen molar-refractivity contribution in [3.8, 4) is 0 Å². The van der Waals surface area contributed by atoms with Crippen molar-refractivity contribution < 1.29 is 17.9 Å². The fourth-order valence-corrected chi connectivity index (χ4v) is 4.47. The summed E-state index contributed by atoms with van der Waals surface area (Å²) >= 11 is 0. The molecule has 0 aromatic heterocycles. The molecule has 0 saturated carbocycles. The van der Waals surface area contributed by atoms with Gasteiger partial charge in [-0.1, -0.05) is 0 Å². The molecular weight excluding hydrogens is 292 g/mol. The molecule has 2 heterocycles. The first-order chi connectivity index (χ1) is 10.1. The molecule has 0 aliphatic carbocycles. The second kappa shape index (κ2) is 5.57. The summed E-state index contributed by atoms with van der Waals surface area (Å²) in [6, 6.07) is 5.27. The fourth-order valence-electron chi connectivity index (χ4n) is 2.95. The Morgan fingerprint density at radius 2 is 1.86 bits per heavy atom. The fraction of sp³-hybridized carbons (Fsp3) is 0.571. The number of methoxy groups -OCH3 is 2. The lowest BCUT2D eigenvalue weighted by Gasteiger charge is -2.16. The molecule has 1 fully saturated rings. The molecule has 2 unspecified atom stereocenters. The minimum absolute atomic E-state index is 0.221. The van der Waals surface area contributed by atoms with Gasteiger partial charge in [0.2, 0.25) is 10.0 Å². The summed E-state index contributed by atoms with van der Waals surface area (Å²) < 4.78 is 37.6. The van der Waals surface area contributed by atoms with E-state index in [2.05, 4.69) is 5.32 Å². The number of nitrogens with one attached hydrogen (secondary N) is 1. The van der Waals surface area contributed by atoms with E-state index < -0.39 is 10.0 Å². The summed E-state index contributed by atoms with van der Waals surface area (Å²) in [7, 11) is -0.346. The molecule has 0 bridgehead atoms. The third-order valence-electron chi connectivity index (χ3n) is 4.21. The number of ether oxygens (including phenoxy) is 2. The summed E-state index contributed by atoms with van der Waals surface area (Å²) in [5.41, 5.74) is 2.08. The van der Waals surface area contributed by atoms with Gasteiger partial charge in [0.1, 0.15) is 0 Å². The molecule has 116 valence electrons. The molecule has 2 atom stereocenters. The molecule has 0 amide bonds. The molecule has 1 aromatic carbocycles. The maximum atomic E-state index is 12.8. The largest absolute Gasteiger partial charge is 0.384 e. The monoisotopic (exact) mass is 312 g/mol. The molecule has 3 rings (SSSR count). The number of rotatable bonds is 4. The number of fused-ring (bicyclic) bond motifs is 1. The molecule has 6 nitrogen and oxygen atoms in total. The van der Waals surface area contributed by atoms with Crippen LogP contribution < -0.4 is 5.32 Å². The first-order valence-electron chi connectivity index (χ1n) is 6.99. The number of anilines is 1. The summed E-state index contributed by atoms with van der Waals surface area (Å²) in [5, 5.41) is 3.23. The van der Waals surface area contributed by atoms with E-state index >= 15 is 0 Å². The molecule has 21 heavy (non-hydrogen) atoms. The van der Waals surface area contributed by atoms with Gasteiger partial charge in [0.05, 0.1) is 17.1 Å². The number of benzene rings is 1. The predicted octanol–water partition coefficient (Wildman–Crippen LogP) is 0.689. The van der Waals surface area contributed by atoms with Gasteiger partial charge in [-0.3, -0.25) is 0 Å². The zero-order valence-corrected chi connectivity index (χ0v) is 13.0. The van der Waals surface area contributed by atoms with E-state index in [1.165, 1.54) is 4.31 Å². The molecule has 2 aliphatic heterocycles. The van der Waals surface area contributed by atoms with Gasteiger partial charge in [0, 0.05) is 39.5 Å². The average molecular weight is 312 g/mol. The van der Waals surface area contributed by atoms with E-state index in [-0.39, 0.29) is 12.2 Å². The van der Waals surface area contributed by atoms with Crippen molar-refractivity contribution in [2.45, 2.75) is 23.5 Å². The molecule has 2 aliphatic rings. The lowest BCUT2D eigenvalue weighted by Crippen LogP contribution is -2.30. The van der Waals surface area contributed by atoms with Crippen LogP contribution in [-0.4, -0.2) is 58.8 Å². The van der Waals surface area contributed by atoms with Crippen molar-refractivity contribution in [3.05, 3.63) is 23.8 Å². The van der Waals surface area contributed by atoms with Gasteiger partial charge in [0.25, 0.3) is 0 Å². The maximum absolute atomic E-state index is 12.8. The molecular formula is C14H20N2O4S. The van der Waals surface area contributed by atoms with Gasteiger partial charge in [-0.25, -0.2) is 8.42 Å². The molecule has 1 aromatic rings. The van der Waals surface area contributed by atoms with Gasteiger partial charge in [-0.2, -0.15) is 4.31 Å². The predicted molar refractivity (Wildman–Crippen MR) is 79.0 cm³/mol. The van der Waals surface area contributed by atoms with Crippen molar-refractivity contribution in [2.24, 2.45) is 0 Å². The van der Waals surface area contributed by atoms with Crippen LogP contribution in [0.1, 0.15) is 5.56 Å². The van der Waals surface area contributed by atoms with E-state index in [0.717, 1.165) is 24.2 Å². The third-order valence-corrected chi connectivity index (χ3v) is 6.04. The van der Waals surface area contributed by atoms with Crippen LogP contribution in [0.25, 0.3) is 0 Å². The number of hydrogen-bond acceptors (Lipinski definition) is 5. The summed E-state index contributed by atoms with van der Waals surface area (Å²) in [4.78, 5) is 0.344. The average Bonchev–Trinajstić information content (AvgIpc) is 3.12. The van der Waals surface area contributed by atoms with Crippen molar-refractivity contribution in [2.75, 3.05) is 39.2 Å². The Kier molecular flexibility index (Phi) is 3.92. The summed E-state index contributed by atoms with van der Waals surface area (Å²) in [6.07, 6.45) is 0.418. The summed E-state index contributed by atoms with van der Waals surface area (Å²) in [6.45, 7) is 1.51. The minimum atomic E-state index is -3.50. The Hall–Kier alpha value is -1.15. The van der Waals surface area contributed by atoms with E-state index in [9.17, 15) is 8.42 Å². The molecule has 0 radical (unpaired) electrons. The van der Waals surface area contributed by atoms with Crippen molar-refractivity contribution in [1.29, 1.82) is 0 Å². The van der Waals surface area contributed by atoms with Crippen LogP contribution in [0.5, 0.6) is 0 Å². The summed E-state index contributed by atoms with van der Waals surface area (Å²) in [5.74, 6) is 0. The van der Waals surface area contributed by atoms with E-state index in [1.54, 1.807) is 26.4 Å². The molecule has 7 heteroatoms. The highest BCUT2D eigenvalue weighted by Crippen LogP contribution is 2.29. The van der Waals surface area contributed by atoms with Crippen molar-refractivity contribution in [3.63, 3.8) is 0 Å². The quantitative estimate of drug-likeness (QED) is 0.886. The van der Waals surface area contributed by atoms with Gasteiger partial charge >= 0.3 is 0 Å². The SMILES string of the molecule is COC1CN(S(=O)(=O)c2ccc3c(c2)CCN3)CC1OC. The number of nitrogens with zero attached hydrogens (tertiary/aromatic N) is 1. The zero-order chi connectivity index (χ0) is 15.0. The Bertz CT molecular complexity index is 620. The van der Waals surface area contributed by atoms with Crippen molar-refractivity contribution in [1.82, 2.24) is 4.31 Å². The van der Waals surface area contributed by atoms with Crippen LogP contribution in [0, 0.1) is 0 Å². The lowest BCUT2D eigenvalue weighted by molar-refractivity contribution is -0.00461. The van der Waals surface area contributed by atoms with Crippen molar-refractivity contribution >= 4 is 15.7 Å². The van der Waals surface area contributed by atoms with Crippen LogP contribution in [0.4, 0.5) is 5.69 Å². The first kappa shape index (κ1) is 14.8. The smallest absolute Gasteiger partial charge is 0.243 e. The zero-order valence-electron chi connectivity index (χ0n) is 12.2. The standard InChI is InChI=1S/C14H20N2O4S/c1-19-13-8-16(9-14(13)20-2)21(17,18)11-3-4-12-10(7-11)5-6-15-12/h3-4,7,13-15H,5-6,8-9H2,1-2H3. The van der Waals surface area contributed by atoms with Crippen LogP contribution in [0.2, 0.25) is 0 Å². The van der Waals surface area contributed by atoms with Gasteiger partial charge < -0.3 is 14.8 Å². The highest BCUT2D eigenvalue weighted by molar-refractivity contribution is 7.89. The Morgan fingerprint density at radius 3 is 2.48 bits per heavy atom. The van der Waals surface area contributed by atoms with Crippen LogP contribution >= 0.6 is 0 Å². The van der Waals surface area contributed by atoms with Gasteiger partial charge in [0.15, 0.2) is 0 Å². The van der Waals surface area contributed by atoms with E-state index in [0.29, 0.717) is 18.0 Å². The lowest BCUT2D eigenvalue weighted by atomic mass is 10.2. The Morgan fingerprint density at radius 1 is 1.19 bits per heavy atom. The third kappa shape index (κ3) is 2.55. The molecule has 1 N–H and O–H groups in total. The van der Waals surface area contributed by atoms with Gasteiger partial charge in [-0.15, -0.1) is 0 Å². The Balaban J connectivity index is 1.87. The highest BCUT2D eigenvalue weighted by atomic mass is 32.2. The highest BCUT2D eigenvalue weighted by Gasteiger charge is 2.40. The van der Waals surface area contributed by atoms with E-state index in [1.807, 2.05) is 6.07 Å². The second-order valence-corrected chi connectivity index (χ2v) is 7.30. The number of hydrogen-bond donors (Lipinski definition) is 1. The normalized spacial score (nSPS) is 25.8. The van der Waals surface area contributed by atoms with Crippen LogP contribution in [0.15, 0.2) is 23.1 Å². The van der Waals surface area contributed by atoms with Gasteiger partial charge in [-0.05, 0) is 30.2 Å². The Labute approximate surface area is 125 Å². The first-order valence-corrected chi connectivity index (χ1v) is 8.43. The van der Waals surface area contributed by atoms with E-state index in [4.69, 9.17) is 9.47 Å². The molecule has 1 saturated heterocycles. The minimum Gasteiger partial charge on any atom is -0.384 e. The van der Waals surface area contributed by atoms with Crippen LogP contribution in [0.3, 0.4) is 0 Å². The number of sulfonamides is 1.